The summed E-state index contributed by atoms with van der Waals surface area (Å²) in [6, 6.07) is 15.9. The number of ether oxygens (including phenoxy) is 2. The third kappa shape index (κ3) is 13.0. The number of aryl methyl sites for hydroxylation is 1. The van der Waals surface area contributed by atoms with E-state index in [1.807, 2.05) is 20.0 Å². The van der Waals surface area contributed by atoms with Gasteiger partial charge in [-0.25, -0.2) is 14.6 Å². The van der Waals surface area contributed by atoms with Crippen LogP contribution in [0, 0.1) is 11.8 Å². The molecule has 3 rings (SSSR count). The molecule has 0 aliphatic rings. The fourth-order valence-electron chi connectivity index (χ4n) is 5.21. The first kappa shape index (κ1) is 38.7. The average Bonchev–Trinajstić information content (AvgIpc) is 3.54. The van der Waals surface area contributed by atoms with Gasteiger partial charge in [-0.15, -0.1) is 0 Å². The van der Waals surface area contributed by atoms with E-state index in [-0.39, 0.29) is 17.9 Å². The van der Waals surface area contributed by atoms with Crippen molar-refractivity contribution in [2.45, 2.75) is 86.0 Å². The van der Waals surface area contributed by atoms with E-state index in [0.29, 0.717) is 59.1 Å². The Bertz CT molecular complexity index is 1540. The van der Waals surface area contributed by atoms with Gasteiger partial charge in [-0.3, -0.25) is 4.68 Å². The van der Waals surface area contributed by atoms with Crippen LogP contribution in [0.15, 0.2) is 83.2 Å². The summed E-state index contributed by atoms with van der Waals surface area (Å²) in [5.74, 6) is 0.692. The van der Waals surface area contributed by atoms with Crippen LogP contribution in [-0.4, -0.2) is 46.6 Å². The number of nitrogens with zero attached hydrogens (tertiary/aromatic N) is 4. The molecular formula is C39H54N6O4. The molecule has 2 unspecified atom stereocenters. The van der Waals surface area contributed by atoms with Gasteiger partial charge in [0.25, 0.3) is 0 Å². The summed E-state index contributed by atoms with van der Waals surface area (Å²) in [5.41, 5.74) is 3.86. The maximum atomic E-state index is 12.7. The van der Waals surface area contributed by atoms with E-state index < -0.39 is 0 Å². The lowest BCUT2D eigenvalue weighted by Gasteiger charge is -2.15. The lowest BCUT2D eigenvalue weighted by atomic mass is 10.0. The number of aromatic nitrogens is 2. The number of rotatable bonds is 19. The molecule has 10 heteroatoms. The van der Waals surface area contributed by atoms with Gasteiger partial charge in [-0.05, 0) is 86.2 Å². The number of esters is 2. The Hall–Kier alpha value is -4.73. The first-order valence-corrected chi connectivity index (χ1v) is 17.6. The zero-order valence-electron chi connectivity index (χ0n) is 30.1. The number of guanidine groups is 1. The number of anilines is 2. The van der Waals surface area contributed by atoms with Crippen molar-refractivity contribution in [2.24, 2.45) is 28.9 Å². The van der Waals surface area contributed by atoms with E-state index in [1.165, 1.54) is 0 Å². The molecule has 2 N–H and O–H groups in total. The molecule has 0 fully saturated rings. The smallest absolute Gasteiger partial charge is 0.338 e. The van der Waals surface area contributed by atoms with E-state index in [0.717, 1.165) is 57.1 Å². The molecule has 0 aliphatic heterocycles. The van der Waals surface area contributed by atoms with E-state index >= 15 is 0 Å². The van der Waals surface area contributed by atoms with Crippen LogP contribution in [0.5, 0.6) is 0 Å². The minimum absolute atomic E-state index is 0.280. The Morgan fingerprint density at radius 1 is 0.776 bits per heavy atom. The highest BCUT2D eigenvalue weighted by Crippen LogP contribution is 2.18. The summed E-state index contributed by atoms with van der Waals surface area (Å²) in [6.07, 6.45) is 10.3. The molecule has 2 aromatic carbocycles. The molecule has 49 heavy (non-hydrogen) atoms. The number of nitrogens with one attached hydrogen (secondary N) is 2. The van der Waals surface area contributed by atoms with Crippen molar-refractivity contribution in [1.82, 2.24) is 9.78 Å². The number of carbonyl (C=O) groups excluding carboxylic acids is 2. The van der Waals surface area contributed by atoms with Crippen LogP contribution in [0.4, 0.5) is 11.4 Å². The lowest BCUT2D eigenvalue weighted by molar-refractivity contribution is 0.0419. The monoisotopic (exact) mass is 670 g/mol. The summed E-state index contributed by atoms with van der Waals surface area (Å²) in [4.78, 5) is 34.7. The second-order valence-corrected chi connectivity index (χ2v) is 12.4. The van der Waals surface area contributed by atoms with Crippen LogP contribution in [0.1, 0.15) is 112 Å². The molecule has 2 atom stereocenters. The summed E-state index contributed by atoms with van der Waals surface area (Å²) < 4.78 is 12.9. The molecular weight excluding hydrogens is 616 g/mol. The average molecular weight is 671 g/mol. The van der Waals surface area contributed by atoms with Crippen molar-refractivity contribution < 1.29 is 19.1 Å². The highest BCUT2D eigenvalue weighted by molar-refractivity contribution is 6.08. The van der Waals surface area contributed by atoms with Crippen LogP contribution in [-0.2, 0) is 16.5 Å². The van der Waals surface area contributed by atoms with Gasteiger partial charge >= 0.3 is 11.9 Å². The minimum atomic E-state index is -0.338. The number of hydrogen-bond donors (Lipinski definition) is 2. The molecule has 0 saturated heterocycles. The lowest BCUT2D eigenvalue weighted by Crippen LogP contribution is -2.16. The molecule has 1 heterocycles. The van der Waals surface area contributed by atoms with E-state index in [4.69, 9.17) is 14.5 Å². The zero-order valence-corrected chi connectivity index (χ0v) is 30.1. The number of benzene rings is 2. The summed E-state index contributed by atoms with van der Waals surface area (Å²) in [6.45, 7) is 15.4. The van der Waals surface area contributed by atoms with E-state index in [2.05, 4.69) is 55.0 Å². The predicted molar refractivity (Wildman–Crippen MR) is 199 cm³/mol. The minimum Gasteiger partial charge on any atom is -0.462 e. The van der Waals surface area contributed by atoms with Crippen molar-refractivity contribution in [3.63, 3.8) is 0 Å². The van der Waals surface area contributed by atoms with Crippen molar-refractivity contribution in [3.05, 3.63) is 90.0 Å². The SMILES string of the molecule is C=C(/N=C(\N=C(/C)c1ccnn1C)Nc1ccc(C(=O)OCC(CC)CCCC)cc1)Nc1ccc(C(=O)OCC(CC)CCCC)cc1. The first-order chi connectivity index (χ1) is 23.7. The molecule has 0 amide bonds. The number of unbranched alkanes of at least 4 members (excludes halogenated alkanes) is 2. The normalized spacial score (nSPS) is 13.0. The number of aliphatic imine (C=N–C) groups is 2. The van der Waals surface area contributed by atoms with Gasteiger partial charge in [-0.2, -0.15) is 10.1 Å². The standard InChI is InChI=1S/C39H54N6O4/c1-8-12-14-30(10-3)26-48-37(46)32-16-20-34(21-17-32)42-29(6)43-39(41-28(5)36-24-25-40-45(36)7)44-35-22-18-33(19-23-35)38(47)49-27-31(11-4)15-13-9-2/h16-25,30-31,42H,6,8-15,26-27H2,1-5,7H3,(H,43,44)/b41-28+. The Kier molecular flexibility index (Phi) is 16.3. The maximum absolute atomic E-state index is 12.7. The van der Waals surface area contributed by atoms with Crippen molar-refractivity contribution in [2.75, 3.05) is 23.8 Å². The quantitative estimate of drug-likeness (QED) is 0.0742. The molecule has 10 nitrogen and oxygen atoms in total. The van der Waals surface area contributed by atoms with E-state index in [1.54, 1.807) is 59.4 Å². The molecule has 3 aromatic rings. The second-order valence-electron chi connectivity index (χ2n) is 12.4. The molecule has 0 bridgehead atoms. The Morgan fingerprint density at radius 3 is 1.69 bits per heavy atom. The van der Waals surface area contributed by atoms with Gasteiger partial charge in [0.2, 0.25) is 5.96 Å². The highest BCUT2D eigenvalue weighted by atomic mass is 16.5. The maximum Gasteiger partial charge on any atom is 0.338 e. The predicted octanol–water partition coefficient (Wildman–Crippen LogP) is 9.03. The van der Waals surface area contributed by atoms with E-state index in [9.17, 15) is 9.59 Å². The topological polar surface area (TPSA) is 119 Å². The highest BCUT2D eigenvalue weighted by Gasteiger charge is 2.14. The third-order valence-corrected chi connectivity index (χ3v) is 8.48. The fourth-order valence-corrected chi connectivity index (χ4v) is 5.21. The zero-order chi connectivity index (χ0) is 35.6. The fraction of sp³-hybridized carbons (Fsp3) is 0.462. The molecule has 1 aromatic heterocycles. The molecule has 0 saturated carbocycles. The van der Waals surface area contributed by atoms with Crippen molar-refractivity contribution in [1.29, 1.82) is 0 Å². The summed E-state index contributed by atoms with van der Waals surface area (Å²) in [5, 5.41) is 10.7. The summed E-state index contributed by atoms with van der Waals surface area (Å²) in [7, 11) is 1.84. The Balaban J connectivity index is 1.70. The van der Waals surface area contributed by atoms with Crippen molar-refractivity contribution in [3.8, 4) is 0 Å². The van der Waals surface area contributed by atoms with Gasteiger partial charge < -0.3 is 20.1 Å². The van der Waals surface area contributed by atoms with Crippen LogP contribution in [0.3, 0.4) is 0 Å². The summed E-state index contributed by atoms with van der Waals surface area (Å²) >= 11 is 0. The van der Waals surface area contributed by atoms with Crippen LogP contribution >= 0.6 is 0 Å². The van der Waals surface area contributed by atoms with Crippen molar-refractivity contribution >= 4 is 35.0 Å². The van der Waals surface area contributed by atoms with Gasteiger partial charge in [0.15, 0.2) is 0 Å². The second kappa shape index (κ2) is 20.6. The van der Waals surface area contributed by atoms with Gasteiger partial charge in [0.1, 0.15) is 5.82 Å². The van der Waals surface area contributed by atoms with Crippen LogP contribution in [0.25, 0.3) is 0 Å². The molecule has 0 spiro atoms. The first-order valence-electron chi connectivity index (χ1n) is 17.6. The van der Waals surface area contributed by atoms with Gasteiger partial charge in [0.05, 0.1) is 35.7 Å². The molecule has 264 valence electrons. The molecule has 0 radical (unpaired) electrons. The van der Waals surface area contributed by atoms with Gasteiger partial charge in [0, 0.05) is 24.6 Å². The number of hydrogen-bond acceptors (Lipinski definition) is 7. The van der Waals surface area contributed by atoms with Gasteiger partial charge in [-0.1, -0.05) is 72.8 Å². The Morgan fingerprint density at radius 2 is 1.27 bits per heavy atom. The largest absolute Gasteiger partial charge is 0.462 e. The Labute approximate surface area is 292 Å². The number of carbonyl (C=O) groups is 2. The van der Waals surface area contributed by atoms with Crippen LogP contribution < -0.4 is 10.6 Å². The third-order valence-electron chi connectivity index (χ3n) is 8.48. The molecule has 0 aliphatic carbocycles. The van der Waals surface area contributed by atoms with Crippen LogP contribution in [0.2, 0.25) is 0 Å².